The molecule has 5 amide bonds. The third-order valence-corrected chi connectivity index (χ3v) is 7.34. The minimum absolute atomic E-state index is 0.0116. The third kappa shape index (κ3) is 14.4. The number of Topliss-reactive ketones (excluding diaryl/α,β-unsaturated/α-hetero) is 1. The molecule has 0 spiro atoms. The highest BCUT2D eigenvalue weighted by Gasteiger charge is 2.40. The lowest BCUT2D eigenvalue weighted by Crippen LogP contribution is -2.40. The van der Waals surface area contributed by atoms with Crippen LogP contribution in [0.25, 0.3) is 0 Å². The molecule has 3 unspecified atom stereocenters. The SMILES string of the molecule is CC.CC(=O)CSC(CC(=O)NCCOC(C=O)CC(=O)N(C)C(C)C)C(=O)NCCOC1CC(=O)N(C(C)C)C1=O. The van der Waals surface area contributed by atoms with Gasteiger partial charge in [0, 0.05) is 38.6 Å². The van der Waals surface area contributed by atoms with Crippen molar-refractivity contribution in [3.05, 3.63) is 0 Å². The average Bonchev–Trinajstić information content (AvgIpc) is 3.23. The number of thioether (sulfide) groups is 1. The van der Waals surface area contributed by atoms with E-state index < -0.39 is 35.2 Å². The van der Waals surface area contributed by atoms with Gasteiger partial charge in [-0.15, -0.1) is 11.8 Å². The second kappa shape index (κ2) is 20.9. The van der Waals surface area contributed by atoms with Crippen molar-refractivity contribution in [2.24, 2.45) is 0 Å². The van der Waals surface area contributed by atoms with Gasteiger partial charge in [0.1, 0.15) is 24.3 Å². The number of ether oxygens (including phenoxy) is 2. The number of nitrogens with zero attached hydrogens (tertiary/aromatic N) is 2. The maximum absolute atomic E-state index is 12.7. The van der Waals surface area contributed by atoms with Crippen molar-refractivity contribution in [1.82, 2.24) is 20.4 Å². The van der Waals surface area contributed by atoms with Gasteiger partial charge in [-0.05, 0) is 34.6 Å². The van der Waals surface area contributed by atoms with Gasteiger partial charge in [-0.25, -0.2) is 0 Å². The normalized spacial score (nSPS) is 16.0. The van der Waals surface area contributed by atoms with Crippen molar-refractivity contribution in [2.45, 2.75) is 97.3 Å². The minimum atomic E-state index is -0.941. The fraction of sp³-hybridized carbons (Fsp3) is 0.750. The molecule has 0 bridgehead atoms. The Bertz CT molecular complexity index is 929. The van der Waals surface area contributed by atoms with E-state index in [0.717, 1.165) is 16.7 Å². The zero-order valence-corrected chi connectivity index (χ0v) is 26.9. The highest BCUT2D eigenvalue weighted by molar-refractivity contribution is 8.01. The van der Waals surface area contributed by atoms with Crippen molar-refractivity contribution < 1.29 is 43.0 Å². The molecule has 0 aromatic carbocycles. The molecular formula is C28H48N4O9S. The molecule has 0 radical (unpaired) electrons. The minimum Gasteiger partial charge on any atom is -0.368 e. The van der Waals surface area contributed by atoms with E-state index in [9.17, 15) is 33.6 Å². The first-order valence-corrected chi connectivity index (χ1v) is 15.3. The summed E-state index contributed by atoms with van der Waals surface area (Å²) in [6.45, 7) is 12.6. The Morgan fingerprint density at radius 2 is 1.67 bits per heavy atom. The Morgan fingerprint density at radius 1 is 1.05 bits per heavy atom. The molecule has 0 aliphatic carbocycles. The Kier molecular flexibility index (Phi) is 19.5. The van der Waals surface area contributed by atoms with E-state index in [4.69, 9.17) is 9.47 Å². The largest absolute Gasteiger partial charge is 0.368 e. The number of nitrogens with one attached hydrogen (secondary N) is 2. The van der Waals surface area contributed by atoms with Crippen LogP contribution in [0.2, 0.25) is 0 Å². The van der Waals surface area contributed by atoms with Gasteiger partial charge in [0.25, 0.3) is 5.91 Å². The van der Waals surface area contributed by atoms with Crippen molar-refractivity contribution in [1.29, 1.82) is 0 Å². The molecule has 14 heteroatoms. The number of ketones is 1. The number of aldehydes is 1. The van der Waals surface area contributed by atoms with Gasteiger partial charge < -0.3 is 29.8 Å². The molecule has 42 heavy (non-hydrogen) atoms. The third-order valence-electron chi connectivity index (χ3n) is 5.98. The van der Waals surface area contributed by atoms with E-state index in [1.165, 1.54) is 11.8 Å². The number of imide groups is 1. The van der Waals surface area contributed by atoms with Crippen LogP contribution in [0.4, 0.5) is 0 Å². The fourth-order valence-electron chi connectivity index (χ4n) is 3.62. The lowest BCUT2D eigenvalue weighted by molar-refractivity contribution is -0.144. The molecule has 1 heterocycles. The zero-order chi connectivity index (χ0) is 32.4. The average molecular weight is 617 g/mol. The molecule has 3 atom stereocenters. The Balaban J connectivity index is 0.00000821. The number of hydrogen-bond acceptors (Lipinski definition) is 10. The number of carbonyl (C=O) groups is 7. The summed E-state index contributed by atoms with van der Waals surface area (Å²) in [7, 11) is 1.64. The van der Waals surface area contributed by atoms with Gasteiger partial charge >= 0.3 is 0 Å². The van der Waals surface area contributed by atoms with Crippen LogP contribution in [0.15, 0.2) is 0 Å². The lowest BCUT2D eigenvalue weighted by Gasteiger charge is -2.23. The molecule has 13 nitrogen and oxygen atoms in total. The molecular weight excluding hydrogens is 568 g/mol. The quantitative estimate of drug-likeness (QED) is 0.120. The fourth-order valence-corrected chi connectivity index (χ4v) is 4.56. The highest BCUT2D eigenvalue weighted by atomic mass is 32.2. The smallest absolute Gasteiger partial charge is 0.259 e. The second-order valence-corrected chi connectivity index (χ2v) is 11.1. The van der Waals surface area contributed by atoms with Crippen LogP contribution in [0.3, 0.4) is 0 Å². The molecule has 1 aliphatic heterocycles. The van der Waals surface area contributed by atoms with Crippen LogP contribution in [0.1, 0.15) is 67.7 Å². The van der Waals surface area contributed by atoms with Gasteiger partial charge in [-0.3, -0.25) is 33.7 Å². The Morgan fingerprint density at radius 3 is 2.19 bits per heavy atom. The molecule has 2 N–H and O–H groups in total. The molecule has 1 fully saturated rings. The Labute approximate surface area is 253 Å². The van der Waals surface area contributed by atoms with Crippen molar-refractivity contribution in [2.75, 3.05) is 39.1 Å². The highest BCUT2D eigenvalue weighted by Crippen LogP contribution is 2.19. The maximum Gasteiger partial charge on any atom is 0.259 e. The molecule has 0 saturated carbocycles. The van der Waals surface area contributed by atoms with Crippen LogP contribution >= 0.6 is 11.8 Å². The molecule has 0 aromatic heterocycles. The second-order valence-electron chi connectivity index (χ2n) is 9.95. The summed E-state index contributed by atoms with van der Waals surface area (Å²) in [5.74, 6) is -2.01. The number of carbonyl (C=O) groups excluding carboxylic acids is 7. The number of rotatable bonds is 19. The topological polar surface area (TPSA) is 168 Å². The summed E-state index contributed by atoms with van der Waals surface area (Å²) in [6, 6.07) is -0.284. The van der Waals surface area contributed by atoms with Crippen LogP contribution in [-0.4, -0.2) is 120 Å². The molecule has 0 aromatic rings. The summed E-state index contributed by atoms with van der Waals surface area (Å²) in [5.41, 5.74) is 0. The van der Waals surface area contributed by atoms with Crippen molar-refractivity contribution in [3.63, 3.8) is 0 Å². The van der Waals surface area contributed by atoms with Crippen LogP contribution in [-0.2, 0) is 43.0 Å². The standard InChI is InChI=1S/C26H42N4O9S.C2H6/c1-16(2)29(6)23(34)11-19(14-31)38-9-7-27-22(33)13-21(40-15-18(5)32)25(36)28-8-10-39-20-12-24(35)30(17(3)4)26(20)37;1-2/h14,16-17,19-21H,7-13,15H2,1-6H3,(H,27,33)(H,28,36);1-2H3. The predicted octanol–water partition coefficient (Wildman–Crippen LogP) is 0.719. The van der Waals surface area contributed by atoms with Crippen LogP contribution < -0.4 is 10.6 Å². The van der Waals surface area contributed by atoms with Crippen LogP contribution in [0.5, 0.6) is 0 Å². The van der Waals surface area contributed by atoms with Crippen molar-refractivity contribution in [3.8, 4) is 0 Å². The zero-order valence-electron chi connectivity index (χ0n) is 26.1. The first-order valence-electron chi connectivity index (χ1n) is 14.2. The maximum atomic E-state index is 12.7. The molecule has 1 saturated heterocycles. The summed E-state index contributed by atoms with van der Waals surface area (Å²) in [6.07, 6.45) is -1.67. The predicted molar refractivity (Wildman–Crippen MR) is 159 cm³/mol. The van der Waals surface area contributed by atoms with Gasteiger partial charge in [0.05, 0.1) is 37.1 Å². The Hall–Kier alpha value is -2.84. The van der Waals surface area contributed by atoms with Gasteiger partial charge in [-0.1, -0.05) is 13.8 Å². The van der Waals surface area contributed by atoms with E-state index in [0.29, 0.717) is 6.29 Å². The van der Waals surface area contributed by atoms with E-state index in [1.54, 1.807) is 20.9 Å². The first kappa shape index (κ1) is 39.2. The molecule has 1 aliphatic rings. The summed E-state index contributed by atoms with van der Waals surface area (Å²) in [4.78, 5) is 86.9. The molecule has 240 valence electrons. The number of hydrogen-bond donors (Lipinski definition) is 2. The van der Waals surface area contributed by atoms with E-state index >= 15 is 0 Å². The first-order chi connectivity index (χ1) is 19.8. The number of amides is 5. The van der Waals surface area contributed by atoms with E-state index in [2.05, 4.69) is 10.6 Å². The number of likely N-dealkylation sites (tertiary alicyclic amines) is 1. The molecule has 1 rings (SSSR count). The van der Waals surface area contributed by atoms with Gasteiger partial charge in [0.15, 0.2) is 0 Å². The van der Waals surface area contributed by atoms with Gasteiger partial charge in [-0.2, -0.15) is 0 Å². The lowest BCUT2D eigenvalue weighted by atomic mass is 10.2. The van der Waals surface area contributed by atoms with E-state index in [-0.39, 0.29) is 81.0 Å². The monoisotopic (exact) mass is 616 g/mol. The summed E-state index contributed by atoms with van der Waals surface area (Å²) >= 11 is 1.02. The van der Waals surface area contributed by atoms with E-state index in [1.807, 2.05) is 27.7 Å². The van der Waals surface area contributed by atoms with Crippen molar-refractivity contribution >= 4 is 53.4 Å². The summed E-state index contributed by atoms with van der Waals surface area (Å²) < 4.78 is 10.9. The summed E-state index contributed by atoms with van der Waals surface area (Å²) in [5, 5.41) is 4.38. The van der Waals surface area contributed by atoms with Crippen LogP contribution in [0, 0.1) is 0 Å². The van der Waals surface area contributed by atoms with Gasteiger partial charge in [0.2, 0.25) is 23.6 Å².